The lowest BCUT2D eigenvalue weighted by Crippen LogP contribution is -2.49. The molecule has 2 N–H and O–H groups in total. The molecule has 124 valence electrons. The van der Waals surface area contributed by atoms with Crippen LogP contribution in [-0.4, -0.2) is 52.1 Å². The fourth-order valence-electron chi connectivity index (χ4n) is 3.63. The Balaban J connectivity index is 1.70. The SMILES string of the molecule is O=S(=O)(CC1CCCCC1)N1CCC[C@](O)(c2cn[nH]n2)C1. The van der Waals surface area contributed by atoms with Crippen molar-refractivity contribution in [3.63, 3.8) is 0 Å². The molecule has 2 fully saturated rings. The Hall–Kier alpha value is -0.990. The van der Waals surface area contributed by atoms with Gasteiger partial charge in [0.2, 0.25) is 10.0 Å². The largest absolute Gasteiger partial charge is 0.382 e. The van der Waals surface area contributed by atoms with Gasteiger partial charge in [-0.3, -0.25) is 0 Å². The van der Waals surface area contributed by atoms with E-state index in [2.05, 4.69) is 15.4 Å². The van der Waals surface area contributed by atoms with E-state index in [1.54, 1.807) is 0 Å². The van der Waals surface area contributed by atoms with Gasteiger partial charge >= 0.3 is 0 Å². The first-order valence-corrected chi connectivity index (χ1v) is 9.67. The lowest BCUT2D eigenvalue weighted by molar-refractivity contribution is -0.0162. The van der Waals surface area contributed by atoms with Gasteiger partial charge in [0.25, 0.3) is 0 Å². The summed E-state index contributed by atoms with van der Waals surface area (Å²) >= 11 is 0. The van der Waals surface area contributed by atoms with Crippen molar-refractivity contribution in [3.05, 3.63) is 11.9 Å². The summed E-state index contributed by atoms with van der Waals surface area (Å²) in [7, 11) is -3.33. The summed E-state index contributed by atoms with van der Waals surface area (Å²) in [5.74, 6) is 0.475. The Kier molecular flexibility index (Phi) is 4.52. The van der Waals surface area contributed by atoms with E-state index in [1.807, 2.05) is 0 Å². The molecule has 0 bridgehead atoms. The van der Waals surface area contributed by atoms with Gasteiger partial charge in [0, 0.05) is 13.1 Å². The average Bonchev–Trinajstić information content (AvgIpc) is 3.03. The molecule has 1 atom stereocenters. The summed E-state index contributed by atoms with van der Waals surface area (Å²) in [6.45, 7) is 0.559. The van der Waals surface area contributed by atoms with E-state index in [9.17, 15) is 13.5 Å². The van der Waals surface area contributed by atoms with Gasteiger partial charge in [0.15, 0.2) is 0 Å². The second-order valence-corrected chi connectivity index (χ2v) is 8.62. The van der Waals surface area contributed by atoms with Crippen LogP contribution in [0.4, 0.5) is 0 Å². The second kappa shape index (κ2) is 6.25. The maximum absolute atomic E-state index is 12.7. The molecule has 0 amide bonds. The maximum Gasteiger partial charge on any atom is 0.214 e. The summed E-state index contributed by atoms with van der Waals surface area (Å²) < 4.78 is 26.8. The third kappa shape index (κ3) is 3.33. The molecule has 0 spiro atoms. The van der Waals surface area contributed by atoms with E-state index in [-0.39, 0.29) is 18.2 Å². The molecule has 7 nitrogen and oxygen atoms in total. The van der Waals surface area contributed by atoms with Crippen LogP contribution in [0.5, 0.6) is 0 Å². The van der Waals surface area contributed by atoms with Crippen LogP contribution in [0.1, 0.15) is 50.6 Å². The Morgan fingerprint density at radius 3 is 2.77 bits per heavy atom. The summed E-state index contributed by atoms with van der Waals surface area (Å²) in [4.78, 5) is 0. The number of nitrogens with zero attached hydrogens (tertiary/aromatic N) is 3. The molecule has 0 aromatic carbocycles. The number of sulfonamides is 1. The van der Waals surface area contributed by atoms with E-state index in [1.165, 1.54) is 16.9 Å². The van der Waals surface area contributed by atoms with Crippen molar-refractivity contribution in [2.75, 3.05) is 18.8 Å². The molecule has 8 heteroatoms. The molecule has 2 aliphatic rings. The number of piperidine rings is 1. The number of β-amino-alcohol motifs (C(OH)–C–C–N with tert-alkyl or cyclic N) is 1. The molecule has 3 rings (SSSR count). The van der Waals surface area contributed by atoms with Crippen LogP contribution >= 0.6 is 0 Å². The van der Waals surface area contributed by atoms with Gasteiger partial charge in [-0.05, 0) is 31.6 Å². The Morgan fingerprint density at radius 1 is 1.32 bits per heavy atom. The summed E-state index contributed by atoms with van der Waals surface area (Å²) in [5, 5.41) is 20.9. The van der Waals surface area contributed by atoms with Gasteiger partial charge in [-0.25, -0.2) is 8.42 Å². The highest BCUT2D eigenvalue weighted by molar-refractivity contribution is 7.89. The fraction of sp³-hybridized carbons (Fsp3) is 0.857. The van der Waals surface area contributed by atoms with Crippen LogP contribution in [-0.2, 0) is 15.6 Å². The first kappa shape index (κ1) is 15.9. The lowest BCUT2D eigenvalue weighted by Gasteiger charge is -2.37. The highest BCUT2D eigenvalue weighted by atomic mass is 32.2. The predicted octanol–water partition coefficient (Wildman–Crippen LogP) is 0.998. The summed E-state index contributed by atoms with van der Waals surface area (Å²) in [6.07, 6.45) is 8.08. The number of rotatable bonds is 4. The highest BCUT2D eigenvalue weighted by Gasteiger charge is 2.41. The normalized spacial score (nSPS) is 28.8. The molecule has 2 heterocycles. The standard InChI is InChI=1S/C14H24N4O3S/c19-14(13-9-15-17-16-13)7-4-8-18(11-14)22(20,21)10-12-5-2-1-3-6-12/h9,12,19H,1-8,10-11H2,(H,15,16,17)/t14-/m1/s1. The smallest absolute Gasteiger partial charge is 0.214 e. The van der Waals surface area contributed by atoms with Crippen molar-refractivity contribution in [2.24, 2.45) is 5.92 Å². The van der Waals surface area contributed by atoms with E-state index in [4.69, 9.17) is 0 Å². The zero-order valence-electron chi connectivity index (χ0n) is 12.7. The molecule has 1 saturated heterocycles. The topological polar surface area (TPSA) is 99.2 Å². The number of aromatic nitrogens is 3. The number of hydrogen-bond donors (Lipinski definition) is 2. The molecule has 0 radical (unpaired) electrons. The van der Waals surface area contributed by atoms with Crippen molar-refractivity contribution in [3.8, 4) is 0 Å². The van der Waals surface area contributed by atoms with Crippen LogP contribution in [0, 0.1) is 5.92 Å². The second-order valence-electron chi connectivity index (χ2n) is 6.61. The van der Waals surface area contributed by atoms with Gasteiger partial charge in [0.05, 0.1) is 11.9 Å². The lowest BCUT2D eigenvalue weighted by atomic mass is 9.91. The van der Waals surface area contributed by atoms with E-state index < -0.39 is 15.6 Å². The molecule has 1 aromatic rings. The predicted molar refractivity (Wildman–Crippen MR) is 81.4 cm³/mol. The van der Waals surface area contributed by atoms with E-state index >= 15 is 0 Å². The van der Waals surface area contributed by atoms with Crippen LogP contribution in [0.25, 0.3) is 0 Å². The van der Waals surface area contributed by atoms with Crippen molar-refractivity contribution in [2.45, 2.75) is 50.5 Å². The Morgan fingerprint density at radius 2 is 2.09 bits per heavy atom. The first-order chi connectivity index (χ1) is 10.5. The van der Waals surface area contributed by atoms with Crippen LogP contribution in [0.3, 0.4) is 0 Å². The number of aromatic amines is 1. The molecular weight excluding hydrogens is 304 g/mol. The molecule has 1 aliphatic carbocycles. The molecule has 1 aromatic heterocycles. The van der Waals surface area contributed by atoms with Gasteiger partial charge in [-0.1, -0.05) is 19.3 Å². The Labute approximate surface area is 131 Å². The van der Waals surface area contributed by atoms with Crippen molar-refractivity contribution < 1.29 is 13.5 Å². The number of hydrogen-bond acceptors (Lipinski definition) is 5. The van der Waals surface area contributed by atoms with E-state index in [0.29, 0.717) is 25.1 Å². The van der Waals surface area contributed by atoms with Crippen LogP contribution < -0.4 is 0 Å². The third-order valence-electron chi connectivity index (χ3n) is 4.89. The minimum Gasteiger partial charge on any atom is -0.382 e. The average molecular weight is 328 g/mol. The van der Waals surface area contributed by atoms with Crippen molar-refractivity contribution in [1.29, 1.82) is 0 Å². The monoisotopic (exact) mass is 328 g/mol. The number of H-pyrrole nitrogens is 1. The van der Waals surface area contributed by atoms with Crippen LogP contribution in [0.15, 0.2) is 6.20 Å². The zero-order valence-corrected chi connectivity index (χ0v) is 13.6. The molecular formula is C14H24N4O3S. The van der Waals surface area contributed by atoms with Gasteiger partial charge < -0.3 is 5.11 Å². The van der Waals surface area contributed by atoms with Crippen molar-refractivity contribution >= 4 is 10.0 Å². The number of nitrogens with one attached hydrogen (secondary N) is 1. The van der Waals surface area contributed by atoms with E-state index in [0.717, 1.165) is 25.7 Å². The zero-order chi connectivity index (χ0) is 15.6. The summed E-state index contributed by atoms with van der Waals surface area (Å²) in [6, 6.07) is 0. The third-order valence-corrected chi connectivity index (χ3v) is 6.88. The highest BCUT2D eigenvalue weighted by Crippen LogP contribution is 2.32. The van der Waals surface area contributed by atoms with Gasteiger partial charge in [-0.2, -0.15) is 19.7 Å². The van der Waals surface area contributed by atoms with Crippen LogP contribution in [0.2, 0.25) is 0 Å². The Bertz CT molecular complexity index is 583. The fourth-order valence-corrected chi connectivity index (χ4v) is 5.58. The molecule has 1 saturated carbocycles. The summed E-state index contributed by atoms with van der Waals surface area (Å²) in [5.41, 5.74) is -0.810. The maximum atomic E-state index is 12.7. The van der Waals surface area contributed by atoms with Gasteiger partial charge in [0.1, 0.15) is 11.3 Å². The van der Waals surface area contributed by atoms with Gasteiger partial charge in [-0.15, -0.1) is 0 Å². The molecule has 1 aliphatic heterocycles. The minimum absolute atomic E-state index is 0.0780. The quantitative estimate of drug-likeness (QED) is 0.859. The minimum atomic E-state index is -3.33. The number of aliphatic hydroxyl groups is 1. The first-order valence-electron chi connectivity index (χ1n) is 8.06. The molecule has 22 heavy (non-hydrogen) atoms. The van der Waals surface area contributed by atoms with Crippen molar-refractivity contribution in [1.82, 2.24) is 19.7 Å². The molecule has 0 unspecified atom stereocenters.